The van der Waals surface area contributed by atoms with E-state index in [2.05, 4.69) is 4.85 Å². The third kappa shape index (κ3) is 3.14. The molecule has 0 aliphatic heterocycles. The Hall–Kier alpha value is -2.28. The van der Waals surface area contributed by atoms with E-state index in [4.69, 9.17) is 16.4 Å². The molecule has 4 heteroatoms. The van der Waals surface area contributed by atoms with Gasteiger partial charge in [0, 0.05) is 0 Å². The molecule has 0 radical (unpaired) electrons. The molecule has 0 atom stereocenters. The zero-order valence-corrected chi connectivity index (χ0v) is 8.80. The zero-order chi connectivity index (χ0) is 12.0. The molecular weight excluding hydrogens is 206 g/mol. The second kappa shape index (κ2) is 5.56. The van der Waals surface area contributed by atoms with Gasteiger partial charge >= 0.3 is 5.97 Å². The maximum Gasteiger partial charge on any atom is 0.336 e. The molecule has 1 aromatic carbocycles. The largest absolute Gasteiger partial charge is 0.508 e. The highest BCUT2D eigenvalue weighted by Gasteiger charge is 2.09. The van der Waals surface area contributed by atoms with Crippen LogP contribution < -0.4 is 0 Å². The molecule has 0 aliphatic carbocycles. The lowest BCUT2D eigenvalue weighted by Crippen LogP contribution is -2.04. The average Bonchev–Trinajstić information content (AvgIpc) is 2.28. The van der Waals surface area contributed by atoms with Gasteiger partial charge in [0.05, 0.1) is 13.2 Å². The Morgan fingerprint density at radius 2 is 2.12 bits per heavy atom. The first kappa shape index (κ1) is 11.8. The molecule has 0 fully saturated rings. The maximum atomic E-state index is 11.3. The smallest absolute Gasteiger partial charge is 0.336 e. The predicted octanol–water partition coefficient (Wildman–Crippen LogP) is 2.22. The van der Waals surface area contributed by atoms with Crippen LogP contribution in [0.1, 0.15) is 12.5 Å². The van der Waals surface area contributed by atoms with E-state index in [0.29, 0.717) is 5.56 Å². The highest BCUT2D eigenvalue weighted by Crippen LogP contribution is 2.14. The molecule has 0 unspecified atom stereocenters. The van der Waals surface area contributed by atoms with Crippen molar-refractivity contribution in [2.24, 2.45) is 0 Å². The van der Waals surface area contributed by atoms with Crippen molar-refractivity contribution in [3.05, 3.63) is 46.9 Å². The molecule has 0 saturated carbocycles. The van der Waals surface area contributed by atoms with Gasteiger partial charge in [-0.25, -0.2) is 4.85 Å². The molecule has 16 heavy (non-hydrogen) atoms. The van der Waals surface area contributed by atoms with Crippen LogP contribution in [0.25, 0.3) is 10.9 Å². The standard InChI is InChI=1S/C12H11NO3/c1-3-16-12(15)11(13-2)8-9-4-6-10(14)7-5-9/h4-8,14H,3H2,1H3/b11-8-. The fourth-order valence-electron chi connectivity index (χ4n) is 1.07. The minimum Gasteiger partial charge on any atom is -0.508 e. The number of hydrogen-bond acceptors (Lipinski definition) is 3. The number of hydrogen-bond donors (Lipinski definition) is 1. The summed E-state index contributed by atoms with van der Waals surface area (Å²) in [5.74, 6) is -0.497. The van der Waals surface area contributed by atoms with Crippen LogP contribution >= 0.6 is 0 Å². The summed E-state index contributed by atoms with van der Waals surface area (Å²) in [4.78, 5) is 14.4. The van der Waals surface area contributed by atoms with Crippen LogP contribution in [0.15, 0.2) is 30.0 Å². The van der Waals surface area contributed by atoms with Crippen molar-refractivity contribution in [3.8, 4) is 5.75 Å². The second-order valence-electron chi connectivity index (χ2n) is 2.95. The molecule has 1 N–H and O–H groups in total. The SMILES string of the molecule is [C-]#[N+]/C(=C\c1ccc(O)cc1)C(=O)OCC. The number of carbonyl (C=O) groups is 1. The van der Waals surface area contributed by atoms with E-state index in [1.165, 1.54) is 18.2 Å². The predicted molar refractivity (Wildman–Crippen MR) is 59.3 cm³/mol. The fourth-order valence-corrected chi connectivity index (χ4v) is 1.07. The van der Waals surface area contributed by atoms with Gasteiger partial charge in [-0.05, 0) is 30.7 Å². The molecule has 0 spiro atoms. The van der Waals surface area contributed by atoms with Crippen molar-refractivity contribution in [3.63, 3.8) is 0 Å². The van der Waals surface area contributed by atoms with E-state index < -0.39 is 5.97 Å². The van der Waals surface area contributed by atoms with E-state index in [0.717, 1.165) is 0 Å². The topological polar surface area (TPSA) is 50.9 Å². The number of esters is 1. The van der Waals surface area contributed by atoms with Crippen molar-refractivity contribution < 1.29 is 14.6 Å². The number of phenols is 1. The first-order chi connectivity index (χ1) is 7.67. The number of ether oxygens (including phenoxy) is 1. The minimum absolute atomic E-state index is 0.0764. The summed E-state index contributed by atoms with van der Waals surface area (Å²) < 4.78 is 4.72. The molecule has 0 aliphatic rings. The summed E-state index contributed by atoms with van der Waals surface area (Å²) in [6.45, 7) is 8.78. The third-order valence-corrected chi connectivity index (χ3v) is 1.80. The number of phenolic OH excluding ortho intramolecular Hbond substituents is 1. The quantitative estimate of drug-likeness (QED) is 0.479. The fraction of sp³-hybridized carbons (Fsp3) is 0.167. The van der Waals surface area contributed by atoms with E-state index in [1.54, 1.807) is 19.1 Å². The number of aromatic hydroxyl groups is 1. The van der Waals surface area contributed by atoms with Gasteiger partial charge in [-0.3, -0.25) is 4.79 Å². The van der Waals surface area contributed by atoms with Crippen molar-refractivity contribution in [2.45, 2.75) is 6.92 Å². The van der Waals surface area contributed by atoms with Gasteiger partial charge in [0.2, 0.25) is 0 Å². The summed E-state index contributed by atoms with van der Waals surface area (Å²) >= 11 is 0. The summed E-state index contributed by atoms with van der Waals surface area (Å²) in [7, 11) is 0. The van der Waals surface area contributed by atoms with Gasteiger partial charge in [-0.1, -0.05) is 12.1 Å². The molecule has 0 heterocycles. The molecule has 0 saturated heterocycles. The van der Waals surface area contributed by atoms with Crippen molar-refractivity contribution in [1.29, 1.82) is 0 Å². The lowest BCUT2D eigenvalue weighted by molar-refractivity contribution is -0.138. The number of benzene rings is 1. The van der Waals surface area contributed by atoms with Gasteiger partial charge in [-0.2, -0.15) is 0 Å². The van der Waals surface area contributed by atoms with E-state index >= 15 is 0 Å². The number of nitrogens with zero attached hydrogens (tertiary/aromatic N) is 1. The summed E-state index contributed by atoms with van der Waals surface area (Å²) in [5, 5.41) is 9.07. The van der Waals surface area contributed by atoms with Gasteiger partial charge in [-0.15, -0.1) is 0 Å². The molecular formula is C12H11NO3. The van der Waals surface area contributed by atoms with Crippen LogP contribution in [-0.4, -0.2) is 17.7 Å². The molecule has 0 bridgehead atoms. The zero-order valence-electron chi connectivity index (χ0n) is 8.80. The first-order valence-electron chi connectivity index (χ1n) is 4.72. The van der Waals surface area contributed by atoms with Gasteiger partial charge in [0.15, 0.2) is 0 Å². The van der Waals surface area contributed by atoms with Crippen molar-refractivity contribution in [1.82, 2.24) is 0 Å². The lowest BCUT2D eigenvalue weighted by atomic mass is 10.2. The van der Waals surface area contributed by atoms with Crippen LogP contribution in [-0.2, 0) is 9.53 Å². The van der Waals surface area contributed by atoms with E-state index in [1.807, 2.05) is 0 Å². The monoisotopic (exact) mass is 217 g/mol. The summed E-state index contributed by atoms with van der Waals surface area (Å²) in [6.07, 6.45) is 1.42. The Morgan fingerprint density at radius 1 is 1.50 bits per heavy atom. The Bertz CT molecular complexity index is 440. The number of carbonyl (C=O) groups excluding carboxylic acids is 1. The van der Waals surface area contributed by atoms with E-state index in [-0.39, 0.29) is 18.1 Å². The van der Waals surface area contributed by atoms with E-state index in [9.17, 15) is 4.79 Å². The maximum absolute atomic E-state index is 11.3. The highest BCUT2D eigenvalue weighted by molar-refractivity contribution is 5.95. The minimum atomic E-state index is -0.634. The highest BCUT2D eigenvalue weighted by atomic mass is 16.5. The molecule has 82 valence electrons. The molecule has 1 aromatic rings. The third-order valence-electron chi connectivity index (χ3n) is 1.80. The summed E-state index contributed by atoms with van der Waals surface area (Å²) in [5.41, 5.74) is 0.587. The van der Waals surface area contributed by atoms with Gasteiger partial charge < -0.3 is 9.84 Å². The second-order valence-corrected chi connectivity index (χ2v) is 2.95. The Morgan fingerprint density at radius 3 is 2.62 bits per heavy atom. The average molecular weight is 217 g/mol. The Balaban J connectivity index is 2.92. The van der Waals surface area contributed by atoms with Crippen LogP contribution in [0.2, 0.25) is 0 Å². The molecule has 4 nitrogen and oxygen atoms in total. The summed E-state index contributed by atoms with van der Waals surface area (Å²) in [6, 6.07) is 6.19. The number of rotatable bonds is 3. The van der Waals surface area contributed by atoms with Crippen LogP contribution in [0.3, 0.4) is 0 Å². The Labute approximate surface area is 93.6 Å². The van der Waals surface area contributed by atoms with Crippen molar-refractivity contribution in [2.75, 3.05) is 6.61 Å². The van der Waals surface area contributed by atoms with Crippen LogP contribution in [0.4, 0.5) is 0 Å². The first-order valence-corrected chi connectivity index (χ1v) is 4.72. The molecule has 1 rings (SSSR count). The molecule has 0 amide bonds. The van der Waals surface area contributed by atoms with Gasteiger partial charge in [0.25, 0.3) is 5.70 Å². The van der Waals surface area contributed by atoms with Crippen LogP contribution in [0.5, 0.6) is 5.75 Å². The Kier molecular flexibility index (Phi) is 4.10. The van der Waals surface area contributed by atoms with Gasteiger partial charge in [0.1, 0.15) is 5.75 Å². The van der Waals surface area contributed by atoms with Crippen LogP contribution in [0, 0.1) is 6.57 Å². The van der Waals surface area contributed by atoms with Crippen molar-refractivity contribution >= 4 is 12.0 Å². The lowest BCUT2D eigenvalue weighted by Gasteiger charge is -2.00. The normalized spacial score (nSPS) is 10.6. The molecule has 0 aromatic heterocycles.